The lowest BCUT2D eigenvalue weighted by Crippen LogP contribution is -2.27. The van der Waals surface area contributed by atoms with E-state index in [1.165, 1.54) is 4.90 Å². The van der Waals surface area contributed by atoms with Crippen molar-refractivity contribution in [3.63, 3.8) is 0 Å². The predicted octanol–water partition coefficient (Wildman–Crippen LogP) is 6.86. The average Bonchev–Trinajstić information content (AvgIpc) is 3.16. The standard InChI is InChI=1S/C29H21BrN2O4S/c30-24-15-19(11-13-25(24)36-18-27(33)31-23-8-2-1-3-9-23)16-26-28(34)32(29(35)37-26)17-20-10-12-21-6-4-5-7-22(21)14-20/h1-16H,17-18H2,(H,31,33)/b26-16-. The average molecular weight is 573 g/mol. The zero-order valence-corrected chi connectivity index (χ0v) is 21.9. The predicted molar refractivity (Wildman–Crippen MR) is 150 cm³/mol. The van der Waals surface area contributed by atoms with Crippen molar-refractivity contribution >= 4 is 67.3 Å². The van der Waals surface area contributed by atoms with Crippen LogP contribution in [-0.2, 0) is 16.1 Å². The van der Waals surface area contributed by atoms with E-state index >= 15 is 0 Å². The third-order valence-electron chi connectivity index (χ3n) is 5.70. The van der Waals surface area contributed by atoms with E-state index in [2.05, 4.69) is 21.2 Å². The molecule has 0 aromatic heterocycles. The largest absolute Gasteiger partial charge is 0.483 e. The van der Waals surface area contributed by atoms with E-state index in [-0.39, 0.29) is 30.2 Å². The molecule has 37 heavy (non-hydrogen) atoms. The molecule has 1 N–H and O–H groups in total. The Balaban J connectivity index is 1.23. The quantitative estimate of drug-likeness (QED) is 0.245. The van der Waals surface area contributed by atoms with E-state index in [0.717, 1.165) is 33.7 Å². The number of carbonyl (C=O) groups excluding carboxylic acids is 3. The van der Waals surface area contributed by atoms with E-state index in [4.69, 9.17) is 4.74 Å². The Bertz CT molecular complexity index is 1540. The Morgan fingerprint density at radius 2 is 1.68 bits per heavy atom. The van der Waals surface area contributed by atoms with Crippen LogP contribution in [0.4, 0.5) is 10.5 Å². The fourth-order valence-corrected chi connectivity index (χ4v) is 5.24. The number of fused-ring (bicyclic) bond motifs is 1. The van der Waals surface area contributed by atoms with E-state index in [9.17, 15) is 14.4 Å². The number of rotatable bonds is 7. The molecule has 1 heterocycles. The third-order valence-corrected chi connectivity index (χ3v) is 7.23. The molecule has 0 spiro atoms. The van der Waals surface area contributed by atoms with Gasteiger partial charge in [0.25, 0.3) is 17.1 Å². The first-order valence-corrected chi connectivity index (χ1v) is 13.1. The van der Waals surface area contributed by atoms with Crippen molar-refractivity contribution in [1.29, 1.82) is 0 Å². The molecule has 184 valence electrons. The minimum Gasteiger partial charge on any atom is -0.483 e. The maximum Gasteiger partial charge on any atom is 0.293 e. The van der Waals surface area contributed by atoms with Gasteiger partial charge in [0, 0.05) is 5.69 Å². The highest BCUT2D eigenvalue weighted by Gasteiger charge is 2.35. The number of hydrogen-bond donors (Lipinski definition) is 1. The van der Waals surface area contributed by atoms with Gasteiger partial charge in [0.2, 0.25) is 0 Å². The highest BCUT2D eigenvalue weighted by molar-refractivity contribution is 9.10. The minimum absolute atomic E-state index is 0.152. The SMILES string of the molecule is O=C(COc1ccc(/C=C2\SC(=O)N(Cc3ccc4ccccc4c3)C2=O)cc1Br)Nc1ccccc1. The van der Waals surface area contributed by atoms with Gasteiger partial charge in [-0.3, -0.25) is 19.3 Å². The molecule has 5 rings (SSSR count). The normalized spacial score (nSPS) is 14.4. The number of para-hydroxylation sites is 1. The van der Waals surface area contributed by atoms with Gasteiger partial charge in [-0.05, 0) is 86.0 Å². The molecule has 8 heteroatoms. The lowest BCUT2D eigenvalue weighted by Gasteiger charge is -2.13. The van der Waals surface area contributed by atoms with Crippen molar-refractivity contribution < 1.29 is 19.1 Å². The maximum absolute atomic E-state index is 13.0. The molecule has 1 aliphatic rings. The molecular formula is C29H21BrN2O4S. The van der Waals surface area contributed by atoms with Crippen LogP contribution < -0.4 is 10.1 Å². The van der Waals surface area contributed by atoms with Gasteiger partial charge in [0.15, 0.2) is 6.61 Å². The van der Waals surface area contributed by atoms with Crippen LogP contribution in [-0.4, -0.2) is 28.6 Å². The molecule has 0 radical (unpaired) electrons. The summed E-state index contributed by atoms with van der Waals surface area (Å²) in [5.74, 6) is -0.107. The van der Waals surface area contributed by atoms with Crippen molar-refractivity contribution in [3.05, 3.63) is 112 Å². The van der Waals surface area contributed by atoms with Crippen molar-refractivity contribution in [2.45, 2.75) is 6.54 Å². The topological polar surface area (TPSA) is 75.7 Å². The highest BCUT2D eigenvalue weighted by Crippen LogP contribution is 2.35. The smallest absolute Gasteiger partial charge is 0.293 e. The van der Waals surface area contributed by atoms with Gasteiger partial charge in [-0.15, -0.1) is 0 Å². The lowest BCUT2D eigenvalue weighted by atomic mass is 10.1. The zero-order chi connectivity index (χ0) is 25.8. The number of halogens is 1. The lowest BCUT2D eigenvalue weighted by molar-refractivity contribution is -0.123. The number of benzene rings is 4. The molecule has 0 aliphatic carbocycles. The summed E-state index contributed by atoms with van der Waals surface area (Å²) in [4.78, 5) is 39.4. The van der Waals surface area contributed by atoms with Crippen LogP contribution in [0.1, 0.15) is 11.1 Å². The Kier molecular flexibility index (Phi) is 7.39. The Hall–Kier alpha value is -3.88. The number of anilines is 1. The van der Waals surface area contributed by atoms with Crippen LogP contribution in [0.3, 0.4) is 0 Å². The van der Waals surface area contributed by atoms with Crippen LogP contribution in [0.15, 0.2) is 100 Å². The van der Waals surface area contributed by atoms with Crippen LogP contribution >= 0.6 is 27.7 Å². The molecule has 3 amide bonds. The number of imide groups is 1. The highest BCUT2D eigenvalue weighted by atomic mass is 79.9. The molecule has 0 bridgehead atoms. The van der Waals surface area contributed by atoms with E-state index in [0.29, 0.717) is 20.8 Å². The van der Waals surface area contributed by atoms with Crippen molar-refractivity contribution in [3.8, 4) is 5.75 Å². The fourth-order valence-electron chi connectivity index (χ4n) is 3.89. The van der Waals surface area contributed by atoms with Crippen LogP contribution in [0.5, 0.6) is 5.75 Å². The number of ether oxygens (including phenoxy) is 1. The fraction of sp³-hybridized carbons (Fsp3) is 0.0690. The maximum atomic E-state index is 13.0. The molecule has 1 aliphatic heterocycles. The third kappa shape index (κ3) is 5.93. The Morgan fingerprint density at radius 1 is 0.919 bits per heavy atom. The summed E-state index contributed by atoms with van der Waals surface area (Å²) in [5, 5.41) is 4.64. The van der Waals surface area contributed by atoms with Crippen LogP contribution in [0.25, 0.3) is 16.8 Å². The summed E-state index contributed by atoms with van der Waals surface area (Å²) in [6.45, 7) is 0.0643. The summed E-state index contributed by atoms with van der Waals surface area (Å²) in [6, 6.07) is 28.3. The summed E-state index contributed by atoms with van der Waals surface area (Å²) < 4.78 is 6.26. The van der Waals surface area contributed by atoms with Crippen molar-refractivity contribution in [1.82, 2.24) is 4.90 Å². The van der Waals surface area contributed by atoms with Gasteiger partial charge in [0.05, 0.1) is 15.9 Å². The van der Waals surface area contributed by atoms with Gasteiger partial charge in [0.1, 0.15) is 5.75 Å². The first-order valence-electron chi connectivity index (χ1n) is 11.5. The summed E-state index contributed by atoms with van der Waals surface area (Å²) in [5.41, 5.74) is 2.31. The van der Waals surface area contributed by atoms with Gasteiger partial charge in [-0.1, -0.05) is 60.7 Å². The molecule has 1 fully saturated rings. The first kappa shape index (κ1) is 24.8. The van der Waals surface area contributed by atoms with Gasteiger partial charge >= 0.3 is 0 Å². The molecular weight excluding hydrogens is 552 g/mol. The summed E-state index contributed by atoms with van der Waals surface area (Å²) in [6.07, 6.45) is 1.68. The number of thioether (sulfide) groups is 1. The number of nitrogens with one attached hydrogen (secondary N) is 1. The van der Waals surface area contributed by atoms with Gasteiger partial charge in [-0.2, -0.15) is 0 Å². The second kappa shape index (κ2) is 11.0. The molecule has 6 nitrogen and oxygen atoms in total. The Labute approximate surface area is 226 Å². The van der Waals surface area contributed by atoms with Crippen LogP contribution in [0, 0.1) is 0 Å². The number of carbonyl (C=O) groups is 3. The summed E-state index contributed by atoms with van der Waals surface area (Å²) >= 11 is 4.38. The molecule has 0 atom stereocenters. The molecule has 0 unspecified atom stereocenters. The molecule has 1 saturated heterocycles. The van der Waals surface area contributed by atoms with Crippen molar-refractivity contribution in [2.75, 3.05) is 11.9 Å². The summed E-state index contributed by atoms with van der Waals surface area (Å²) in [7, 11) is 0. The number of hydrogen-bond acceptors (Lipinski definition) is 5. The molecule has 4 aromatic carbocycles. The minimum atomic E-state index is -0.322. The van der Waals surface area contributed by atoms with Gasteiger partial charge in [-0.25, -0.2) is 0 Å². The number of amides is 3. The second-order valence-electron chi connectivity index (χ2n) is 8.34. The van der Waals surface area contributed by atoms with E-state index < -0.39 is 0 Å². The van der Waals surface area contributed by atoms with E-state index in [1.54, 1.807) is 36.4 Å². The second-order valence-corrected chi connectivity index (χ2v) is 10.2. The van der Waals surface area contributed by atoms with E-state index in [1.807, 2.05) is 60.7 Å². The van der Waals surface area contributed by atoms with Gasteiger partial charge < -0.3 is 10.1 Å². The molecule has 4 aromatic rings. The molecule has 0 saturated carbocycles. The Morgan fingerprint density at radius 3 is 2.46 bits per heavy atom. The first-order chi connectivity index (χ1) is 18.0. The number of nitrogens with zero attached hydrogens (tertiary/aromatic N) is 1. The van der Waals surface area contributed by atoms with Crippen LogP contribution in [0.2, 0.25) is 0 Å². The monoisotopic (exact) mass is 572 g/mol. The zero-order valence-electron chi connectivity index (χ0n) is 19.5. The van der Waals surface area contributed by atoms with Crippen molar-refractivity contribution in [2.24, 2.45) is 0 Å².